The van der Waals surface area contributed by atoms with Crippen LogP contribution in [0.1, 0.15) is 49.3 Å². The van der Waals surface area contributed by atoms with Crippen LogP contribution in [0.3, 0.4) is 0 Å². The highest BCUT2D eigenvalue weighted by atomic mass is 79.9. The van der Waals surface area contributed by atoms with Crippen molar-refractivity contribution in [2.75, 3.05) is 18.4 Å². The van der Waals surface area contributed by atoms with Gasteiger partial charge in [-0.1, -0.05) is 40.7 Å². The summed E-state index contributed by atoms with van der Waals surface area (Å²) >= 11 is 3.55. The number of likely N-dealkylation sites (tertiary alicyclic amines) is 1. The fourth-order valence-electron chi connectivity index (χ4n) is 4.55. The molecule has 0 amide bonds. The van der Waals surface area contributed by atoms with Crippen molar-refractivity contribution in [3.63, 3.8) is 0 Å². The van der Waals surface area contributed by atoms with Gasteiger partial charge in [0.2, 0.25) is 0 Å². The number of Topliss-reactive ketones (excluding diaryl/α,β-unsaturated/α-hetero) is 1. The van der Waals surface area contributed by atoms with E-state index < -0.39 is 11.7 Å². The minimum absolute atomic E-state index is 0.0389. The van der Waals surface area contributed by atoms with Crippen LogP contribution in [0.2, 0.25) is 0 Å². The van der Waals surface area contributed by atoms with E-state index in [4.69, 9.17) is 4.74 Å². The van der Waals surface area contributed by atoms with Crippen LogP contribution in [-0.4, -0.2) is 45.4 Å². The Hall–Kier alpha value is -2.14. The van der Waals surface area contributed by atoms with Gasteiger partial charge in [0.1, 0.15) is 11.3 Å². The van der Waals surface area contributed by atoms with Gasteiger partial charge in [0.15, 0.2) is 5.78 Å². The maximum absolute atomic E-state index is 13.6. The summed E-state index contributed by atoms with van der Waals surface area (Å²) in [6, 6.07) is 7.78. The van der Waals surface area contributed by atoms with Crippen molar-refractivity contribution < 1.29 is 14.3 Å². The van der Waals surface area contributed by atoms with Crippen LogP contribution < -0.4 is 0 Å². The van der Waals surface area contributed by atoms with E-state index in [1.807, 2.05) is 45.0 Å². The Kier molecular flexibility index (Phi) is 5.06. The number of carbonyl (C=O) groups is 2. The standard InChI is InChI=1S/C23H25BrN2O3/c1-5-14-13-25(11-10-24)18-12-16(14)21(27)20-19(18)15-8-6-7-9-17(15)26(20)22(28)29-23(2,3)4/h6-9,16,18H,1,10-13H2,2-4H3/t16-,18-/m0/s1. The smallest absolute Gasteiger partial charge is 0.419 e. The molecule has 2 aromatic rings. The molecule has 1 aliphatic carbocycles. The maximum Gasteiger partial charge on any atom is 0.419 e. The van der Waals surface area contributed by atoms with Gasteiger partial charge in [-0.25, -0.2) is 9.36 Å². The summed E-state index contributed by atoms with van der Waals surface area (Å²) in [6.07, 6.45) is 0.179. The van der Waals surface area contributed by atoms with Crippen molar-refractivity contribution >= 4 is 38.7 Å². The topological polar surface area (TPSA) is 51.5 Å². The molecule has 29 heavy (non-hydrogen) atoms. The zero-order chi connectivity index (χ0) is 20.9. The zero-order valence-corrected chi connectivity index (χ0v) is 18.6. The minimum Gasteiger partial charge on any atom is -0.443 e. The molecule has 2 atom stereocenters. The van der Waals surface area contributed by atoms with E-state index in [9.17, 15) is 9.59 Å². The number of hydrogen-bond donors (Lipinski definition) is 0. The van der Waals surface area contributed by atoms with Crippen molar-refractivity contribution in [2.24, 2.45) is 5.92 Å². The lowest BCUT2D eigenvalue weighted by Gasteiger charge is -2.43. The Morgan fingerprint density at radius 3 is 2.72 bits per heavy atom. The highest BCUT2D eigenvalue weighted by Crippen LogP contribution is 2.48. The summed E-state index contributed by atoms with van der Waals surface area (Å²) in [7, 11) is 0. The van der Waals surface area contributed by atoms with Crippen LogP contribution in [0.4, 0.5) is 4.79 Å². The monoisotopic (exact) mass is 456 g/mol. The van der Waals surface area contributed by atoms with Crippen LogP contribution in [0.5, 0.6) is 0 Å². The summed E-state index contributed by atoms with van der Waals surface area (Å²) in [4.78, 5) is 29.1. The lowest BCUT2D eigenvalue weighted by molar-refractivity contribution is 0.0523. The van der Waals surface area contributed by atoms with Gasteiger partial charge in [0.05, 0.1) is 11.4 Å². The number of ether oxygens (including phenoxy) is 1. The molecule has 0 saturated carbocycles. The molecule has 4 rings (SSSR count). The van der Waals surface area contributed by atoms with E-state index in [0.29, 0.717) is 18.7 Å². The molecule has 1 aromatic heterocycles. The van der Waals surface area contributed by atoms with Crippen LogP contribution in [0, 0.1) is 5.92 Å². The predicted octanol–water partition coefficient (Wildman–Crippen LogP) is 5.09. The van der Waals surface area contributed by atoms with Crippen molar-refractivity contribution in [1.82, 2.24) is 9.47 Å². The fraction of sp³-hybridized carbons (Fsp3) is 0.435. The molecule has 152 valence electrons. The highest BCUT2D eigenvalue weighted by Gasteiger charge is 2.46. The first-order valence-corrected chi connectivity index (χ1v) is 11.0. The number of benzene rings is 1. The van der Waals surface area contributed by atoms with E-state index in [-0.39, 0.29) is 17.7 Å². The molecule has 0 N–H and O–H groups in total. The lowest BCUT2D eigenvalue weighted by Crippen LogP contribution is -2.45. The summed E-state index contributed by atoms with van der Waals surface area (Å²) in [5.74, 6) is -0.329. The number of fused-ring (bicyclic) bond motifs is 6. The molecule has 5 nitrogen and oxygen atoms in total. The van der Waals surface area contributed by atoms with Gasteiger partial charge in [-0.05, 0) is 38.8 Å². The number of aromatic nitrogens is 1. The Morgan fingerprint density at radius 1 is 1.34 bits per heavy atom. The summed E-state index contributed by atoms with van der Waals surface area (Å²) < 4.78 is 7.15. The first-order valence-electron chi connectivity index (χ1n) is 9.86. The van der Waals surface area contributed by atoms with E-state index in [1.54, 1.807) is 0 Å². The molecule has 1 aromatic carbocycles. The van der Waals surface area contributed by atoms with Crippen LogP contribution in [0.25, 0.3) is 10.9 Å². The minimum atomic E-state index is -0.656. The molecule has 6 heteroatoms. The summed E-state index contributed by atoms with van der Waals surface area (Å²) in [6.45, 7) is 10.8. The van der Waals surface area contributed by atoms with Crippen molar-refractivity contribution in [2.45, 2.75) is 38.8 Å². The normalized spacial score (nSPS) is 21.8. The Labute approximate surface area is 179 Å². The third-order valence-electron chi connectivity index (χ3n) is 5.67. The van der Waals surface area contributed by atoms with Gasteiger partial charge in [0, 0.05) is 35.4 Å². The molecule has 0 radical (unpaired) electrons. The first-order chi connectivity index (χ1) is 13.8. The van der Waals surface area contributed by atoms with Crippen LogP contribution >= 0.6 is 15.9 Å². The molecule has 1 aliphatic heterocycles. The lowest BCUT2D eigenvalue weighted by atomic mass is 9.74. The van der Waals surface area contributed by atoms with E-state index >= 15 is 0 Å². The highest BCUT2D eigenvalue weighted by molar-refractivity contribution is 9.09. The average Bonchev–Trinajstić information content (AvgIpc) is 3.01. The molecule has 0 spiro atoms. The number of hydrogen-bond acceptors (Lipinski definition) is 4. The molecule has 2 aliphatic rings. The van der Waals surface area contributed by atoms with Gasteiger partial charge >= 0.3 is 6.09 Å². The fourth-order valence-corrected chi connectivity index (χ4v) is 5.00. The second-order valence-corrected chi connectivity index (χ2v) is 9.42. The first kappa shape index (κ1) is 20.1. The molecule has 0 unspecified atom stereocenters. The third kappa shape index (κ3) is 3.29. The Morgan fingerprint density at radius 2 is 2.07 bits per heavy atom. The second-order valence-electron chi connectivity index (χ2n) is 8.62. The van der Waals surface area contributed by atoms with E-state index in [0.717, 1.165) is 33.9 Å². The number of alkyl halides is 1. The number of para-hydroxylation sites is 1. The number of halogens is 1. The third-order valence-corrected chi connectivity index (χ3v) is 6.02. The second kappa shape index (κ2) is 7.28. The van der Waals surface area contributed by atoms with E-state index in [1.165, 1.54) is 4.57 Å². The Balaban J connectivity index is 1.99. The number of carbonyl (C=O) groups excluding carboxylic acids is 2. The van der Waals surface area contributed by atoms with Crippen LogP contribution in [-0.2, 0) is 4.74 Å². The molecule has 1 saturated heterocycles. The molecular formula is C23H25BrN2O3. The summed E-state index contributed by atoms with van der Waals surface area (Å²) in [5.41, 5.74) is 5.35. The van der Waals surface area contributed by atoms with Crippen molar-refractivity contribution in [3.05, 3.63) is 53.4 Å². The van der Waals surface area contributed by atoms with Crippen molar-refractivity contribution in [3.8, 4) is 0 Å². The number of piperidine rings is 1. The van der Waals surface area contributed by atoms with Crippen molar-refractivity contribution in [1.29, 1.82) is 0 Å². The zero-order valence-electron chi connectivity index (χ0n) is 17.0. The summed E-state index contributed by atoms with van der Waals surface area (Å²) in [5, 5.41) is 1.77. The largest absolute Gasteiger partial charge is 0.443 e. The number of rotatable bonds is 2. The van der Waals surface area contributed by atoms with Crippen LogP contribution in [0.15, 0.2) is 42.1 Å². The Bertz CT molecular complexity index is 1060. The van der Waals surface area contributed by atoms with E-state index in [2.05, 4.69) is 33.1 Å². The quantitative estimate of drug-likeness (QED) is 0.466. The van der Waals surface area contributed by atoms with Gasteiger partial charge in [-0.3, -0.25) is 9.69 Å². The molecule has 2 bridgehead atoms. The van der Waals surface area contributed by atoms with Gasteiger partial charge in [-0.15, -0.1) is 5.73 Å². The number of nitrogens with zero attached hydrogens (tertiary/aromatic N) is 2. The molecular weight excluding hydrogens is 432 g/mol. The molecule has 2 heterocycles. The van der Waals surface area contributed by atoms with Gasteiger partial charge < -0.3 is 4.74 Å². The maximum atomic E-state index is 13.6. The number of ketones is 1. The predicted molar refractivity (Wildman–Crippen MR) is 117 cm³/mol. The van der Waals surface area contributed by atoms with Gasteiger partial charge in [0.25, 0.3) is 0 Å². The average molecular weight is 457 g/mol. The molecule has 1 fully saturated rings. The van der Waals surface area contributed by atoms with Gasteiger partial charge in [-0.2, -0.15) is 0 Å². The SMILES string of the molecule is C=C=C1CN(CCBr)[C@H]2C[C@@H]1C(=O)c1c2c2ccccc2n1C(=O)OC(C)(C)C.